The SMILES string of the molecule is CNC(=O)N1C2Cc3cc4c(cc3C1Cc1cc3c(cc12)OCO3)OCO4. The summed E-state index contributed by atoms with van der Waals surface area (Å²) < 4.78 is 22.3. The van der Waals surface area contributed by atoms with Crippen LogP contribution in [0.15, 0.2) is 24.3 Å². The van der Waals surface area contributed by atoms with Crippen molar-refractivity contribution >= 4 is 6.03 Å². The predicted molar refractivity (Wildman–Crippen MR) is 94.3 cm³/mol. The van der Waals surface area contributed by atoms with E-state index in [4.69, 9.17) is 18.9 Å². The lowest BCUT2D eigenvalue weighted by Crippen LogP contribution is -2.49. The zero-order valence-electron chi connectivity index (χ0n) is 14.8. The Morgan fingerprint density at radius 1 is 0.852 bits per heavy atom. The van der Waals surface area contributed by atoms with Gasteiger partial charge in [-0.3, -0.25) is 0 Å². The number of ether oxygens (including phenoxy) is 4. The van der Waals surface area contributed by atoms with Crippen molar-refractivity contribution in [2.24, 2.45) is 0 Å². The molecule has 1 N–H and O–H groups in total. The number of carbonyl (C=O) groups excluding carboxylic acids is 1. The van der Waals surface area contributed by atoms with E-state index < -0.39 is 0 Å². The second-order valence-corrected chi connectivity index (χ2v) is 7.21. The topological polar surface area (TPSA) is 69.3 Å². The van der Waals surface area contributed by atoms with Crippen LogP contribution in [0, 0.1) is 0 Å². The predicted octanol–water partition coefficient (Wildman–Crippen LogP) is 2.68. The third-order valence-electron chi connectivity index (χ3n) is 5.93. The van der Waals surface area contributed by atoms with Crippen LogP contribution in [-0.4, -0.2) is 31.6 Å². The molecule has 0 radical (unpaired) electrons. The van der Waals surface area contributed by atoms with Crippen molar-refractivity contribution < 1.29 is 23.7 Å². The molecule has 2 unspecified atom stereocenters. The number of nitrogens with zero attached hydrogens (tertiary/aromatic N) is 1. The number of hydrogen-bond donors (Lipinski definition) is 1. The van der Waals surface area contributed by atoms with E-state index in [2.05, 4.69) is 17.4 Å². The Hall–Kier alpha value is -3.09. The van der Waals surface area contributed by atoms with Crippen LogP contribution < -0.4 is 24.3 Å². The number of hydrogen-bond acceptors (Lipinski definition) is 5. The van der Waals surface area contributed by atoms with Gasteiger partial charge in [-0.05, 0) is 59.4 Å². The zero-order valence-corrected chi connectivity index (χ0v) is 14.8. The fraction of sp³-hybridized carbons (Fsp3) is 0.350. The van der Waals surface area contributed by atoms with Crippen LogP contribution in [0.5, 0.6) is 23.0 Å². The molecule has 0 spiro atoms. The van der Waals surface area contributed by atoms with Crippen LogP contribution in [0.4, 0.5) is 4.79 Å². The van der Waals surface area contributed by atoms with E-state index in [9.17, 15) is 4.79 Å². The summed E-state index contributed by atoms with van der Waals surface area (Å²) in [6, 6.07) is 8.02. The van der Waals surface area contributed by atoms with Crippen molar-refractivity contribution in [3.8, 4) is 23.0 Å². The van der Waals surface area contributed by atoms with Gasteiger partial charge in [0.1, 0.15) is 0 Å². The van der Waals surface area contributed by atoms with Crippen molar-refractivity contribution in [1.82, 2.24) is 10.2 Å². The summed E-state index contributed by atoms with van der Waals surface area (Å²) in [6.07, 6.45) is 1.45. The molecule has 0 saturated carbocycles. The highest BCUT2D eigenvalue weighted by Crippen LogP contribution is 2.52. The molecule has 2 aromatic carbocycles. The van der Waals surface area contributed by atoms with Gasteiger partial charge in [-0.25, -0.2) is 4.79 Å². The van der Waals surface area contributed by atoms with Crippen molar-refractivity contribution in [2.75, 3.05) is 20.6 Å². The minimum Gasteiger partial charge on any atom is -0.454 e. The standard InChI is InChI=1S/C20H18N2O5/c1-21-20(23)22-14-2-10-4-16-18(26-8-24-16)6-12(10)15(22)3-11-5-17-19(7-13(11)14)27-9-25-17/h4-7,14-15H,2-3,8-9H2,1H3,(H,21,23). The Morgan fingerprint density at radius 2 is 1.30 bits per heavy atom. The maximum absolute atomic E-state index is 12.8. The van der Waals surface area contributed by atoms with E-state index in [-0.39, 0.29) is 31.7 Å². The van der Waals surface area contributed by atoms with Crippen LogP contribution in [0.1, 0.15) is 34.3 Å². The Bertz CT molecular complexity index is 917. The number of benzene rings is 2. The summed E-state index contributed by atoms with van der Waals surface area (Å²) in [4.78, 5) is 14.7. The van der Waals surface area contributed by atoms with Gasteiger partial charge in [0.05, 0.1) is 12.1 Å². The number of rotatable bonds is 0. The largest absolute Gasteiger partial charge is 0.454 e. The molecular weight excluding hydrogens is 348 g/mol. The van der Waals surface area contributed by atoms with Crippen LogP contribution in [0.3, 0.4) is 0 Å². The molecule has 2 amide bonds. The van der Waals surface area contributed by atoms with E-state index in [0.717, 1.165) is 47.0 Å². The third kappa shape index (κ3) is 1.99. The highest BCUT2D eigenvalue weighted by Gasteiger charge is 2.44. The first kappa shape index (κ1) is 15.0. The van der Waals surface area contributed by atoms with Crippen molar-refractivity contribution in [2.45, 2.75) is 24.9 Å². The lowest BCUT2D eigenvalue weighted by atomic mass is 9.76. The van der Waals surface area contributed by atoms with Gasteiger partial charge >= 0.3 is 6.03 Å². The van der Waals surface area contributed by atoms with E-state index in [1.807, 2.05) is 17.0 Å². The highest BCUT2D eigenvalue weighted by molar-refractivity contribution is 5.77. The van der Waals surface area contributed by atoms with Crippen LogP contribution in [0.2, 0.25) is 0 Å². The summed E-state index contributed by atoms with van der Waals surface area (Å²) in [5.74, 6) is 3.07. The van der Waals surface area contributed by atoms with Gasteiger partial charge < -0.3 is 29.2 Å². The monoisotopic (exact) mass is 366 g/mol. The van der Waals surface area contributed by atoms with Gasteiger partial charge in [0.2, 0.25) is 13.6 Å². The number of fused-ring (bicyclic) bond motifs is 8. The molecule has 0 saturated heterocycles. The molecule has 0 aromatic heterocycles. The second-order valence-electron chi connectivity index (χ2n) is 7.21. The Morgan fingerprint density at radius 3 is 1.74 bits per heavy atom. The van der Waals surface area contributed by atoms with Crippen LogP contribution in [-0.2, 0) is 12.8 Å². The van der Waals surface area contributed by atoms with Crippen LogP contribution >= 0.6 is 0 Å². The van der Waals surface area contributed by atoms with Gasteiger partial charge in [0.25, 0.3) is 0 Å². The number of amides is 2. The molecular formula is C20H18N2O5. The van der Waals surface area contributed by atoms with Gasteiger partial charge in [0.15, 0.2) is 23.0 Å². The van der Waals surface area contributed by atoms with Crippen molar-refractivity contribution in [3.05, 3.63) is 46.5 Å². The molecule has 4 heterocycles. The lowest BCUT2D eigenvalue weighted by Gasteiger charge is -2.47. The maximum atomic E-state index is 12.8. The van der Waals surface area contributed by atoms with E-state index in [1.54, 1.807) is 7.05 Å². The van der Waals surface area contributed by atoms with Crippen LogP contribution in [0.25, 0.3) is 0 Å². The van der Waals surface area contributed by atoms with Gasteiger partial charge in [0, 0.05) is 7.05 Å². The average molecular weight is 366 g/mol. The molecule has 7 heteroatoms. The molecule has 4 aliphatic rings. The molecule has 2 aromatic rings. The summed E-state index contributed by atoms with van der Waals surface area (Å²) in [5, 5.41) is 2.80. The maximum Gasteiger partial charge on any atom is 0.318 e. The van der Waals surface area contributed by atoms with Gasteiger partial charge in [-0.15, -0.1) is 0 Å². The summed E-state index contributed by atoms with van der Waals surface area (Å²) in [6.45, 7) is 0.486. The number of urea groups is 1. The first-order valence-corrected chi connectivity index (χ1v) is 9.08. The molecule has 138 valence electrons. The molecule has 2 atom stereocenters. The normalized spacial score (nSPS) is 22.9. The van der Waals surface area contributed by atoms with E-state index >= 15 is 0 Å². The molecule has 4 aliphatic heterocycles. The van der Waals surface area contributed by atoms with Gasteiger partial charge in [-0.2, -0.15) is 0 Å². The zero-order chi connectivity index (χ0) is 18.1. The fourth-order valence-electron chi connectivity index (χ4n) is 4.74. The first-order chi connectivity index (χ1) is 13.2. The number of nitrogens with one attached hydrogen (secondary N) is 1. The number of carbonyl (C=O) groups is 1. The minimum atomic E-state index is -0.0726. The minimum absolute atomic E-state index is 0.0546. The third-order valence-corrected chi connectivity index (χ3v) is 5.93. The quantitative estimate of drug-likeness (QED) is 0.776. The molecule has 0 fully saturated rings. The Labute approximate surface area is 155 Å². The summed E-state index contributed by atoms with van der Waals surface area (Å²) in [5.41, 5.74) is 4.67. The van der Waals surface area contributed by atoms with Gasteiger partial charge in [-0.1, -0.05) is 0 Å². The molecule has 2 bridgehead atoms. The Kier molecular flexibility index (Phi) is 2.90. The fourth-order valence-corrected chi connectivity index (χ4v) is 4.74. The molecule has 0 aliphatic carbocycles. The second kappa shape index (κ2) is 5.22. The molecule has 27 heavy (non-hydrogen) atoms. The Balaban J connectivity index is 1.53. The molecule has 7 nitrogen and oxygen atoms in total. The smallest absolute Gasteiger partial charge is 0.318 e. The highest BCUT2D eigenvalue weighted by atomic mass is 16.7. The summed E-state index contributed by atoms with van der Waals surface area (Å²) >= 11 is 0. The van der Waals surface area contributed by atoms with E-state index in [0.29, 0.717) is 0 Å². The van der Waals surface area contributed by atoms with Crippen molar-refractivity contribution in [1.29, 1.82) is 0 Å². The van der Waals surface area contributed by atoms with Crippen molar-refractivity contribution in [3.63, 3.8) is 0 Å². The first-order valence-electron chi connectivity index (χ1n) is 9.08. The summed E-state index contributed by atoms with van der Waals surface area (Å²) in [7, 11) is 1.67. The van der Waals surface area contributed by atoms with E-state index in [1.165, 1.54) is 11.1 Å². The molecule has 6 rings (SSSR count). The lowest BCUT2D eigenvalue weighted by molar-refractivity contribution is 0.123. The average Bonchev–Trinajstić information content (AvgIpc) is 3.32.